The summed E-state index contributed by atoms with van der Waals surface area (Å²) >= 11 is 5.89. The average molecular weight is 458 g/mol. The second-order valence-electron chi connectivity index (χ2n) is 7.19. The minimum atomic E-state index is -0.368. The number of fused-ring (bicyclic) bond motifs is 1. The van der Waals surface area contributed by atoms with Crippen LogP contribution in [0.1, 0.15) is 0 Å². The van der Waals surface area contributed by atoms with Crippen molar-refractivity contribution in [3.05, 3.63) is 94.4 Å². The number of hydrogen-bond acceptors (Lipinski definition) is 6. The van der Waals surface area contributed by atoms with Crippen LogP contribution in [0.15, 0.2) is 88.3 Å². The largest absolute Gasteiger partial charge is 0.334 e. The Kier molecular flexibility index (Phi) is 5.42. The molecule has 8 nitrogen and oxygen atoms in total. The monoisotopic (exact) mass is 457 g/mol. The molecule has 0 bridgehead atoms. The maximum atomic E-state index is 13.0. The number of nitrogens with zero attached hydrogens (tertiary/aromatic N) is 4. The molecular weight excluding hydrogens is 442 g/mol. The Balaban J connectivity index is 1.50. The van der Waals surface area contributed by atoms with Crippen molar-refractivity contribution in [2.75, 3.05) is 5.32 Å². The van der Waals surface area contributed by atoms with Gasteiger partial charge in [0.15, 0.2) is 0 Å². The van der Waals surface area contributed by atoms with Gasteiger partial charge >= 0.3 is 0 Å². The fourth-order valence-electron chi connectivity index (χ4n) is 3.48. The lowest BCUT2D eigenvalue weighted by Crippen LogP contribution is -2.27. The highest BCUT2D eigenvalue weighted by Gasteiger charge is 2.18. The number of aromatic nitrogens is 4. The molecule has 3 aromatic heterocycles. The highest BCUT2D eigenvalue weighted by molar-refractivity contribution is 6.30. The summed E-state index contributed by atoms with van der Waals surface area (Å²) in [6.45, 7) is -0.161. The third kappa shape index (κ3) is 4.24. The highest BCUT2D eigenvalue weighted by atomic mass is 35.5. The van der Waals surface area contributed by atoms with Gasteiger partial charge in [-0.15, -0.1) is 0 Å². The van der Waals surface area contributed by atoms with Gasteiger partial charge in [-0.1, -0.05) is 41.0 Å². The van der Waals surface area contributed by atoms with E-state index in [-0.39, 0.29) is 23.9 Å². The van der Waals surface area contributed by atoms with Crippen LogP contribution in [0, 0.1) is 0 Å². The van der Waals surface area contributed by atoms with E-state index in [0.29, 0.717) is 38.7 Å². The smallest absolute Gasteiger partial charge is 0.259 e. The van der Waals surface area contributed by atoms with Gasteiger partial charge in [0.25, 0.3) is 11.4 Å². The minimum absolute atomic E-state index is 0.161. The molecule has 33 heavy (non-hydrogen) atoms. The van der Waals surface area contributed by atoms with Gasteiger partial charge in [-0.3, -0.25) is 19.1 Å². The number of benzene rings is 2. The lowest BCUT2D eigenvalue weighted by Gasteiger charge is -2.12. The van der Waals surface area contributed by atoms with Crippen molar-refractivity contribution >= 4 is 34.1 Å². The zero-order valence-electron chi connectivity index (χ0n) is 17.1. The van der Waals surface area contributed by atoms with Crippen LogP contribution in [0.5, 0.6) is 0 Å². The molecule has 2 aromatic carbocycles. The molecule has 1 amide bonds. The van der Waals surface area contributed by atoms with Gasteiger partial charge in [-0.25, -0.2) is 0 Å². The quantitative estimate of drug-likeness (QED) is 0.419. The second kappa shape index (κ2) is 8.68. The molecule has 162 valence electrons. The van der Waals surface area contributed by atoms with Gasteiger partial charge in [0, 0.05) is 28.4 Å². The molecule has 0 atom stereocenters. The summed E-state index contributed by atoms with van der Waals surface area (Å²) in [5.74, 6) is 0.176. The maximum Gasteiger partial charge on any atom is 0.259 e. The zero-order valence-corrected chi connectivity index (χ0v) is 17.9. The summed E-state index contributed by atoms with van der Waals surface area (Å²) in [7, 11) is 0. The first kappa shape index (κ1) is 20.6. The average Bonchev–Trinajstić information content (AvgIpc) is 3.33. The normalized spacial score (nSPS) is 10.9. The number of hydrogen-bond donors (Lipinski definition) is 1. The van der Waals surface area contributed by atoms with E-state index >= 15 is 0 Å². The third-order valence-electron chi connectivity index (χ3n) is 5.00. The van der Waals surface area contributed by atoms with E-state index < -0.39 is 0 Å². The van der Waals surface area contributed by atoms with Gasteiger partial charge in [0.05, 0.1) is 11.1 Å². The molecule has 0 saturated carbocycles. The van der Waals surface area contributed by atoms with Crippen LogP contribution in [0.25, 0.3) is 33.9 Å². The molecule has 5 aromatic rings. The van der Waals surface area contributed by atoms with Gasteiger partial charge in [-0.2, -0.15) is 4.98 Å². The molecular formula is C24H16ClN5O3. The fraction of sp³-hybridized carbons (Fsp3) is 0.0417. The molecule has 0 aliphatic heterocycles. The molecule has 0 spiro atoms. The van der Waals surface area contributed by atoms with Crippen LogP contribution in [-0.2, 0) is 11.3 Å². The highest BCUT2D eigenvalue weighted by Crippen LogP contribution is 2.27. The number of anilines is 1. The van der Waals surface area contributed by atoms with Crippen molar-refractivity contribution in [1.29, 1.82) is 0 Å². The van der Waals surface area contributed by atoms with E-state index in [2.05, 4.69) is 20.4 Å². The van der Waals surface area contributed by atoms with Crippen LogP contribution >= 0.6 is 11.6 Å². The molecule has 1 N–H and O–H groups in total. The van der Waals surface area contributed by atoms with Crippen molar-refractivity contribution < 1.29 is 9.32 Å². The summed E-state index contributed by atoms with van der Waals surface area (Å²) in [6.07, 6.45) is 1.64. The first-order valence-corrected chi connectivity index (χ1v) is 10.4. The number of carbonyl (C=O) groups excluding carboxylic acids is 1. The summed E-state index contributed by atoms with van der Waals surface area (Å²) in [6, 6.07) is 20.8. The maximum absolute atomic E-state index is 13.0. The van der Waals surface area contributed by atoms with E-state index in [1.54, 1.807) is 54.7 Å². The van der Waals surface area contributed by atoms with Crippen molar-refractivity contribution in [2.45, 2.75) is 6.54 Å². The standard InChI is InChI=1S/C24H16ClN5O3/c25-15-8-10-16(11-9-15)27-21(31)14-30-20-7-2-1-5-17(20)18(13-22(30)32)24-28-23(29-33-24)19-6-3-4-12-26-19/h1-13H,14H2,(H,27,31). The van der Waals surface area contributed by atoms with Crippen LogP contribution in [0.3, 0.4) is 0 Å². The van der Waals surface area contributed by atoms with E-state index in [4.69, 9.17) is 16.1 Å². The summed E-state index contributed by atoms with van der Waals surface area (Å²) in [4.78, 5) is 34.3. The number of amides is 1. The van der Waals surface area contributed by atoms with Crippen molar-refractivity contribution in [2.24, 2.45) is 0 Å². The van der Waals surface area contributed by atoms with Gasteiger partial charge in [0.2, 0.25) is 11.7 Å². The Morgan fingerprint density at radius 1 is 1.03 bits per heavy atom. The van der Waals surface area contributed by atoms with Crippen LogP contribution < -0.4 is 10.9 Å². The van der Waals surface area contributed by atoms with E-state index in [0.717, 1.165) is 0 Å². The molecule has 0 radical (unpaired) electrons. The first-order valence-electron chi connectivity index (χ1n) is 10.0. The SMILES string of the molecule is O=C(Cn1c(=O)cc(-c2nc(-c3ccccn3)no2)c2ccccc21)Nc1ccc(Cl)cc1. The fourth-order valence-corrected chi connectivity index (χ4v) is 3.61. The number of nitrogens with one attached hydrogen (secondary N) is 1. The van der Waals surface area contributed by atoms with E-state index in [9.17, 15) is 9.59 Å². The van der Waals surface area contributed by atoms with Crippen LogP contribution in [0.2, 0.25) is 5.02 Å². The Bertz CT molecular complexity index is 1510. The van der Waals surface area contributed by atoms with Crippen molar-refractivity contribution in [1.82, 2.24) is 19.7 Å². The van der Waals surface area contributed by atoms with Gasteiger partial charge in [0.1, 0.15) is 12.2 Å². The molecule has 0 aliphatic carbocycles. The first-order chi connectivity index (χ1) is 16.1. The summed E-state index contributed by atoms with van der Waals surface area (Å²) in [5.41, 5.74) is 1.84. The minimum Gasteiger partial charge on any atom is -0.334 e. The van der Waals surface area contributed by atoms with Crippen molar-refractivity contribution in [3.8, 4) is 23.0 Å². The summed E-state index contributed by atoms with van der Waals surface area (Å²) in [5, 5.41) is 8.03. The molecule has 9 heteroatoms. The molecule has 0 saturated heterocycles. The number of carbonyl (C=O) groups is 1. The third-order valence-corrected chi connectivity index (χ3v) is 5.25. The Hall–Kier alpha value is -4.30. The Labute approximate surface area is 192 Å². The Morgan fingerprint density at radius 3 is 2.61 bits per heavy atom. The van der Waals surface area contributed by atoms with Crippen LogP contribution in [0.4, 0.5) is 5.69 Å². The predicted octanol–water partition coefficient (Wildman–Crippen LogP) is 4.41. The summed E-state index contributed by atoms with van der Waals surface area (Å²) < 4.78 is 6.84. The number of para-hydroxylation sites is 1. The van der Waals surface area contributed by atoms with E-state index in [1.165, 1.54) is 10.6 Å². The number of halogens is 1. The lowest BCUT2D eigenvalue weighted by atomic mass is 10.1. The second-order valence-corrected chi connectivity index (χ2v) is 7.63. The van der Waals surface area contributed by atoms with E-state index in [1.807, 2.05) is 18.2 Å². The Morgan fingerprint density at radius 2 is 1.82 bits per heavy atom. The molecule has 0 aliphatic rings. The van der Waals surface area contributed by atoms with Crippen molar-refractivity contribution in [3.63, 3.8) is 0 Å². The number of rotatable bonds is 5. The topological polar surface area (TPSA) is 103 Å². The van der Waals surface area contributed by atoms with Gasteiger partial charge in [-0.05, 0) is 42.5 Å². The van der Waals surface area contributed by atoms with Crippen LogP contribution in [-0.4, -0.2) is 25.6 Å². The molecule has 5 rings (SSSR count). The van der Waals surface area contributed by atoms with Gasteiger partial charge < -0.3 is 9.84 Å². The molecule has 0 unspecified atom stereocenters. The zero-order chi connectivity index (χ0) is 22.8. The molecule has 0 fully saturated rings. The number of pyridine rings is 2. The predicted molar refractivity (Wildman–Crippen MR) is 125 cm³/mol. The lowest BCUT2D eigenvalue weighted by molar-refractivity contribution is -0.116. The molecule has 3 heterocycles.